The fourth-order valence-corrected chi connectivity index (χ4v) is 3.69. The minimum absolute atomic E-state index is 0. The van der Waals surface area contributed by atoms with Gasteiger partial charge in [0, 0.05) is 17.1 Å². The Hall–Kier alpha value is -2.02. The average Bonchev–Trinajstić information content (AvgIpc) is 2.69. The molecule has 0 bridgehead atoms. The van der Waals surface area contributed by atoms with Gasteiger partial charge in [0.05, 0.1) is 6.26 Å². The fourth-order valence-electron chi connectivity index (χ4n) is 3.69. The SMILES string of the molecule is C1=CCOC=C1.[Se].c1ccc2c(c1)ccc1c3c(ccc12)CCCC3. The van der Waals surface area contributed by atoms with Gasteiger partial charge in [-0.2, -0.15) is 0 Å². The molecule has 2 heteroatoms. The maximum Gasteiger partial charge on any atom is 0.106 e. The molecule has 5 rings (SSSR count). The van der Waals surface area contributed by atoms with Gasteiger partial charge in [-0.1, -0.05) is 54.6 Å². The van der Waals surface area contributed by atoms with Crippen molar-refractivity contribution in [3.8, 4) is 0 Å². The van der Waals surface area contributed by atoms with Gasteiger partial charge in [0.15, 0.2) is 0 Å². The number of aryl methyl sites for hydroxylation is 2. The number of hydrogen-bond donors (Lipinski definition) is 0. The molecule has 0 fully saturated rings. The monoisotopic (exact) mass is 394 g/mol. The molecule has 126 valence electrons. The van der Waals surface area contributed by atoms with Crippen LogP contribution in [0.5, 0.6) is 0 Å². The van der Waals surface area contributed by atoms with Crippen molar-refractivity contribution in [2.45, 2.75) is 25.7 Å². The molecule has 25 heavy (non-hydrogen) atoms. The summed E-state index contributed by atoms with van der Waals surface area (Å²) in [5.74, 6) is 0. The normalized spacial score (nSPS) is 14.9. The van der Waals surface area contributed by atoms with E-state index in [-0.39, 0.29) is 17.1 Å². The third-order valence-electron chi connectivity index (χ3n) is 4.87. The third-order valence-corrected chi connectivity index (χ3v) is 4.87. The molecule has 0 aromatic heterocycles. The van der Waals surface area contributed by atoms with Crippen LogP contribution < -0.4 is 0 Å². The summed E-state index contributed by atoms with van der Waals surface area (Å²) < 4.78 is 4.80. The van der Waals surface area contributed by atoms with Crippen LogP contribution in [0, 0.1) is 0 Å². The maximum atomic E-state index is 4.80. The zero-order valence-electron chi connectivity index (χ0n) is 14.3. The van der Waals surface area contributed by atoms with Crippen LogP contribution >= 0.6 is 0 Å². The Bertz CT molecular complexity index is 912. The number of allylic oxidation sites excluding steroid dienone is 2. The topological polar surface area (TPSA) is 9.23 Å². The molecule has 2 radical (unpaired) electrons. The van der Waals surface area contributed by atoms with Crippen molar-refractivity contribution < 1.29 is 4.74 Å². The molecule has 1 aliphatic heterocycles. The van der Waals surface area contributed by atoms with Gasteiger partial charge >= 0.3 is 0 Å². The van der Waals surface area contributed by atoms with Crippen molar-refractivity contribution in [3.05, 3.63) is 84.1 Å². The summed E-state index contributed by atoms with van der Waals surface area (Å²) in [6, 6.07) is 18.0. The molecule has 0 spiro atoms. The summed E-state index contributed by atoms with van der Waals surface area (Å²) in [4.78, 5) is 0. The Morgan fingerprint density at radius 3 is 2.32 bits per heavy atom. The molecule has 1 aliphatic carbocycles. The second-order valence-electron chi connectivity index (χ2n) is 6.38. The van der Waals surface area contributed by atoms with Crippen molar-refractivity contribution >= 4 is 38.6 Å². The van der Waals surface area contributed by atoms with Crippen molar-refractivity contribution in [2.24, 2.45) is 0 Å². The van der Waals surface area contributed by atoms with E-state index >= 15 is 0 Å². The predicted molar refractivity (Wildman–Crippen MR) is 108 cm³/mol. The molecule has 0 saturated heterocycles. The van der Waals surface area contributed by atoms with Crippen molar-refractivity contribution in [2.75, 3.05) is 6.61 Å². The first-order valence-corrected chi connectivity index (χ1v) is 8.79. The zero-order chi connectivity index (χ0) is 16.2. The number of hydrogen-bond acceptors (Lipinski definition) is 1. The van der Waals surface area contributed by atoms with E-state index < -0.39 is 0 Å². The van der Waals surface area contributed by atoms with E-state index in [1.54, 1.807) is 17.4 Å². The van der Waals surface area contributed by atoms with Gasteiger partial charge < -0.3 is 4.74 Å². The maximum absolute atomic E-state index is 4.80. The van der Waals surface area contributed by atoms with Gasteiger partial charge in [0.1, 0.15) is 6.61 Å². The number of benzene rings is 3. The Morgan fingerprint density at radius 1 is 0.720 bits per heavy atom. The molecular weight excluding hydrogens is 371 g/mol. The van der Waals surface area contributed by atoms with E-state index in [0.717, 1.165) is 6.61 Å². The van der Waals surface area contributed by atoms with Crippen LogP contribution in [0.15, 0.2) is 73.0 Å². The van der Waals surface area contributed by atoms with E-state index in [2.05, 4.69) is 48.5 Å². The van der Waals surface area contributed by atoms with E-state index in [1.807, 2.05) is 18.2 Å². The Kier molecular flexibility index (Phi) is 5.96. The minimum Gasteiger partial charge on any atom is -0.497 e. The Balaban J connectivity index is 0.000000224. The summed E-state index contributed by atoms with van der Waals surface area (Å²) >= 11 is 0. The number of fused-ring (bicyclic) bond motifs is 5. The van der Waals surface area contributed by atoms with Gasteiger partial charge in [-0.25, -0.2) is 0 Å². The first-order valence-electron chi connectivity index (χ1n) is 8.79. The van der Waals surface area contributed by atoms with E-state index in [9.17, 15) is 0 Å². The smallest absolute Gasteiger partial charge is 0.106 e. The standard InChI is InChI=1S/C18H16.C5H6O.Se/c1-3-7-15-13(5-1)9-11-18-16-8-4-2-6-14(16)10-12-17(15)18;1-2-4-6-5-3-1;/h1,3,5,7,9-12H,2,4,6,8H2;1-4H,5H2;. The van der Waals surface area contributed by atoms with Crippen molar-refractivity contribution in [3.63, 3.8) is 0 Å². The first-order chi connectivity index (χ1) is 11.9. The van der Waals surface area contributed by atoms with Gasteiger partial charge in [-0.05, 0) is 70.5 Å². The van der Waals surface area contributed by atoms with Crippen LogP contribution in [0.25, 0.3) is 21.5 Å². The predicted octanol–water partition coefficient (Wildman–Crippen LogP) is 5.58. The molecule has 0 unspecified atom stereocenters. The molecule has 0 amide bonds. The molecule has 0 atom stereocenters. The molecule has 3 aromatic carbocycles. The van der Waals surface area contributed by atoms with Gasteiger partial charge in [0.25, 0.3) is 0 Å². The second-order valence-corrected chi connectivity index (χ2v) is 6.38. The molecule has 3 aromatic rings. The number of ether oxygens (including phenoxy) is 1. The van der Waals surface area contributed by atoms with E-state index in [1.165, 1.54) is 47.2 Å². The minimum atomic E-state index is 0. The Labute approximate surface area is 159 Å². The summed E-state index contributed by atoms with van der Waals surface area (Å²) in [5, 5.41) is 5.64. The summed E-state index contributed by atoms with van der Waals surface area (Å²) in [6.07, 6.45) is 12.7. The van der Waals surface area contributed by atoms with E-state index in [0.29, 0.717) is 0 Å². The molecule has 0 saturated carbocycles. The fraction of sp³-hybridized carbons (Fsp3) is 0.217. The summed E-state index contributed by atoms with van der Waals surface area (Å²) in [5.41, 5.74) is 3.17. The van der Waals surface area contributed by atoms with E-state index in [4.69, 9.17) is 4.74 Å². The van der Waals surface area contributed by atoms with Crippen LogP contribution in [0.4, 0.5) is 0 Å². The molecule has 1 nitrogen and oxygen atoms in total. The average molecular weight is 393 g/mol. The molecular formula is C23H22OSe. The molecule has 2 aliphatic rings. The summed E-state index contributed by atoms with van der Waals surface area (Å²) in [7, 11) is 0. The first kappa shape index (κ1) is 17.8. The van der Waals surface area contributed by atoms with Crippen molar-refractivity contribution in [1.29, 1.82) is 0 Å². The summed E-state index contributed by atoms with van der Waals surface area (Å²) in [6.45, 7) is 0.733. The van der Waals surface area contributed by atoms with Gasteiger partial charge in [-0.15, -0.1) is 0 Å². The van der Waals surface area contributed by atoms with Crippen LogP contribution in [-0.2, 0) is 17.6 Å². The van der Waals surface area contributed by atoms with Gasteiger partial charge in [-0.3, -0.25) is 0 Å². The van der Waals surface area contributed by atoms with Crippen LogP contribution in [0.1, 0.15) is 24.0 Å². The van der Waals surface area contributed by atoms with Crippen LogP contribution in [-0.4, -0.2) is 23.7 Å². The Morgan fingerprint density at radius 2 is 1.56 bits per heavy atom. The molecule has 0 N–H and O–H groups in total. The quantitative estimate of drug-likeness (QED) is 0.358. The van der Waals surface area contributed by atoms with Crippen LogP contribution in [0.2, 0.25) is 0 Å². The largest absolute Gasteiger partial charge is 0.497 e. The van der Waals surface area contributed by atoms with Crippen LogP contribution in [0.3, 0.4) is 0 Å². The molecule has 1 heterocycles. The second kappa shape index (κ2) is 8.38. The van der Waals surface area contributed by atoms with Gasteiger partial charge in [0.2, 0.25) is 0 Å². The zero-order valence-corrected chi connectivity index (χ0v) is 16.0. The van der Waals surface area contributed by atoms with Crippen molar-refractivity contribution in [1.82, 2.24) is 0 Å². The third kappa shape index (κ3) is 3.81. The number of rotatable bonds is 0.